The van der Waals surface area contributed by atoms with E-state index in [1.54, 1.807) is 18.4 Å². The summed E-state index contributed by atoms with van der Waals surface area (Å²) in [5.74, 6) is -6.07. The fourth-order valence-electron chi connectivity index (χ4n) is 5.84. The van der Waals surface area contributed by atoms with Gasteiger partial charge in [-0.2, -0.15) is 8.78 Å². The SMILES string of the molecule is C[C@@H](NC(=O)[C@@H]1CC2(CN1C(=O)CNC(=O)c1ccc3c(c1)-c1ccc(Cl)cc1C3(F)F)OCCO2)c1cc(C(=N)N)cs1. The molecule has 2 fully saturated rings. The van der Waals surface area contributed by atoms with E-state index in [9.17, 15) is 14.4 Å². The van der Waals surface area contributed by atoms with E-state index in [2.05, 4.69) is 10.6 Å². The second kappa shape index (κ2) is 11.2. The Hall–Kier alpha value is -3.91. The summed E-state index contributed by atoms with van der Waals surface area (Å²) in [6, 6.07) is 8.44. The molecule has 2 aromatic carbocycles. The predicted molar refractivity (Wildman–Crippen MR) is 159 cm³/mol. The number of thiophene rings is 1. The highest BCUT2D eigenvalue weighted by Gasteiger charge is 2.52. The summed E-state index contributed by atoms with van der Waals surface area (Å²) >= 11 is 7.30. The molecule has 0 radical (unpaired) electrons. The van der Waals surface area contributed by atoms with Crippen LogP contribution in [0.5, 0.6) is 0 Å². The minimum absolute atomic E-state index is 0.00503. The molecule has 0 bridgehead atoms. The molecule has 3 amide bonds. The Balaban J connectivity index is 1.15. The number of ether oxygens (including phenoxy) is 2. The van der Waals surface area contributed by atoms with Crippen molar-refractivity contribution in [3.8, 4) is 11.1 Å². The van der Waals surface area contributed by atoms with Crippen molar-refractivity contribution in [2.24, 2.45) is 5.73 Å². The molecule has 0 unspecified atom stereocenters. The van der Waals surface area contributed by atoms with Gasteiger partial charge in [0.25, 0.3) is 11.8 Å². The normalized spacial score (nSPS) is 19.8. The zero-order valence-electron chi connectivity index (χ0n) is 23.4. The average molecular weight is 644 g/mol. The first-order valence-corrected chi connectivity index (χ1v) is 15.1. The van der Waals surface area contributed by atoms with Crippen LogP contribution in [0, 0.1) is 5.41 Å². The maximum Gasteiger partial charge on any atom is 0.299 e. The summed E-state index contributed by atoms with van der Waals surface area (Å²) in [5.41, 5.74) is 6.24. The monoisotopic (exact) mass is 643 g/mol. The van der Waals surface area contributed by atoms with Crippen LogP contribution in [0.3, 0.4) is 0 Å². The first-order valence-electron chi connectivity index (χ1n) is 13.8. The van der Waals surface area contributed by atoms with E-state index in [-0.39, 0.29) is 51.6 Å². The van der Waals surface area contributed by atoms with Gasteiger partial charge in [-0.1, -0.05) is 23.7 Å². The fraction of sp³-hybridized carbons (Fsp3) is 0.333. The highest BCUT2D eigenvalue weighted by molar-refractivity contribution is 7.10. The number of hydrogen-bond donors (Lipinski definition) is 4. The molecule has 1 aliphatic carbocycles. The fourth-order valence-corrected chi connectivity index (χ4v) is 6.93. The predicted octanol–water partition coefficient (Wildman–Crippen LogP) is 3.76. The lowest BCUT2D eigenvalue weighted by molar-refractivity contribution is -0.152. The molecule has 1 aromatic heterocycles. The van der Waals surface area contributed by atoms with Crippen molar-refractivity contribution in [3.05, 3.63) is 80.0 Å². The minimum atomic E-state index is -3.26. The van der Waals surface area contributed by atoms with E-state index in [0.717, 1.165) is 4.88 Å². The van der Waals surface area contributed by atoms with Gasteiger partial charge in [0.15, 0.2) is 5.79 Å². The van der Waals surface area contributed by atoms with E-state index >= 15 is 8.78 Å². The molecule has 3 aliphatic rings. The number of nitrogen functional groups attached to an aromatic ring is 1. The van der Waals surface area contributed by atoms with Gasteiger partial charge in [0.1, 0.15) is 11.9 Å². The second-order valence-corrected chi connectivity index (χ2v) is 12.3. The number of carbonyl (C=O) groups excluding carboxylic acids is 3. The Bertz CT molecular complexity index is 1690. The van der Waals surface area contributed by atoms with Gasteiger partial charge >= 0.3 is 0 Å². The molecule has 3 aromatic rings. The molecule has 2 aliphatic heterocycles. The summed E-state index contributed by atoms with van der Waals surface area (Å²) in [6.07, 6.45) is 0.108. The summed E-state index contributed by atoms with van der Waals surface area (Å²) in [5, 5.41) is 15.0. The van der Waals surface area contributed by atoms with Gasteiger partial charge in [-0.3, -0.25) is 19.8 Å². The van der Waals surface area contributed by atoms with Crippen molar-refractivity contribution in [1.82, 2.24) is 15.5 Å². The molecule has 2 saturated heterocycles. The Morgan fingerprint density at radius 2 is 1.86 bits per heavy atom. The molecule has 230 valence electrons. The highest BCUT2D eigenvalue weighted by atomic mass is 35.5. The lowest BCUT2D eigenvalue weighted by Crippen LogP contribution is -2.49. The summed E-state index contributed by atoms with van der Waals surface area (Å²) in [4.78, 5) is 42.0. The average Bonchev–Trinajstić information content (AvgIpc) is 3.78. The maximum absolute atomic E-state index is 15.0. The number of amides is 3. The van der Waals surface area contributed by atoms with Crippen LogP contribution in [-0.4, -0.2) is 66.6 Å². The Morgan fingerprint density at radius 3 is 2.57 bits per heavy atom. The smallest absolute Gasteiger partial charge is 0.299 e. The highest BCUT2D eigenvalue weighted by Crippen LogP contribution is 2.51. The number of carbonyl (C=O) groups is 3. The number of rotatable bonds is 7. The molecule has 2 atom stereocenters. The number of fused-ring (bicyclic) bond motifs is 3. The number of amidine groups is 1. The summed E-state index contributed by atoms with van der Waals surface area (Å²) < 4.78 is 41.6. The third-order valence-corrected chi connectivity index (χ3v) is 9.43. The third kappa shape index (κ3) is 5.34. The van der Waals surface area contributed by atoms with Crippen molar-refractivity contribution in [2.45, 2.75) is 37.1 Å². The Labute approximate surface area is 260 Å². The van der Waals surface area contributed by atoms with Crippen LogP contribution < -0.4 is 16.4 Å². The molecular formula is C30H28ClF2N5O5S. The van der Waals surface area contributed by atoms with Gasteiger partial charge in [-0.25, -0.2) is 0 Å². The van der Waals surface area contributed by atoms with E-state index < -0.39 is 48.1 Å². The van der Waals surface area contributed by atoms with E-state index in [1.807, 2.05) is 0 Å². The molecule has 0 saturated carbocycles. The van der Waals surface area contributed by atoms with Crippen LogP contribution in [0.15, 0.2) is 47.8 Å². The van der Waals surface area contributed by atoms with Crippen molar-refractivity contribution in [2.75, 3.05) is 26.3 Å². The van der Waals surface area contributed by atoms with Gasteiger partial charge in [-0.05, 0) is 48.4 Å². The number of likely N-dealkylation sites (tertiary alicyclic amines) is 1. The van der Waals surface area contributed by atoms with Gasteiger partial charge < -0.3 is 30.7 Å². The van der Waals surface area contributed by atoms with Gasteiger partial charge in [0.05, 0.1) is 32.3 Å². The maximum atomic E-state index is 15.0. The van der Waals surface area contributed by atoms with Crippen LogP contribution in [0.4, 0.5) is 8.78 Å². The number of nitrogens with zero attached hydrogens (tertiary/aromatic N) is 1. The lowest BCUT2D eigenvalue weighted by Gasteiger charge is -2.25. The number of benzene rings is 2. The molecule has 44 heavy (non-hydrogen) atoms. The summed E-state index contributed by atoms with van der Waals surface area (Å²) in [6.45, 7) is 1.97. The minimum Gasteiger partial charge on any atom is -0.384 e. The second-order valence-electron chi connectivity index (χ2n) is 10.9. The topological polar surface area (TPSA) is 147 Å². The number of alkyl halides is 2. The van der Waals surface area contributed by atoms with Gasteiger partial charge in [-0.15, -0.1) is 11.3 Å². The molecule has 5 N–H and O–H groups in total. The van der Waals surface area contributed by atoms with Crippen LogP contribution >= 0.6 is 22.9 Å². The summed E-state index contributed by atoms with van der Waals surface area (Å²) in [7, 11) is 0. The zero-order valence-corrected chi connectivity index (χ0v) is 25.0. The molecule has 14 heteroatoms. The number of hydrogen-bond acceptors (Lipinski definition) is 7. The largest absolute Gasteiger partial charge is 0.384 e. The zero-order chi connectivity index (χ0) is 31.4. The van der Waals surface area contributed by atoms with Crippen LogP contribution in [-0.2, 0) is 25.0 Å². The molecule has 1 spiro atoms. The lowest BCUT2D eigenvalue weighted by atomic mass is 10.0. The van der Waals surface area contributed by atoms with Crippen molar-refractivity contribution in [3.63, 3.8) is 0 Å². The van der Waals surface area contributed by atoms with Gasteiger partial charge in [0.2, 0.25) is 11.8 Å². The quantitative estimate of drug-likeness (QED) is 0.228. The van der Waals surface area contributed by atoms with Crippen molar-refractivity contribution >= 4 is 46.5 Å². The number of nitrogens with two attached hydrogens (primary N) is 1. The van der Waals surface area contributed by atoms with Crippen molar-refractivity contribution < 1.29 is 32.6 Å². The van der Waals surface area contributed by atoms with Gasteiger partial charge in [0, 0.05) is 44.0 Å². The molecule has 6 rings (SSSR count). The van der Waals surface area contributed by atoms with E-state index in [1.165, 1.54) is 52.6 Å². The Morgan fingerprint density at radius 1 is 1.11 bits per heavy atom. The Kier molecular flexibility index (Phi) is 7.68. The first-order chi connectivity index (χ1) is 20.9. The van der Waals surface area contributed by atoms with Crippen molar-refractivity contribution in [1.29, 1.82) is 5.41 Å². The number of halogens is 3. The van der Waals surface area contributed by atoms with E-state index in [0.29, 0.717) is 18.8 Å². The third-order valence-electron chi connectivity index (χ3n) is 8.07. The molecule has 3 heterocycles. The molecule has 10 nitrogen and oxygen atoms in total. The molecular weight excluding hydrogens is 616 g/mol. The van der Waals surface area contributed by atoms with E-state index in [4.69, 9.17) is 32.2 Å². The number of nitrogens with one attached hydrogen (secondary N) is 3. The standard InChI is InChI=1S/C30H28ClF2N5O5S/c1-15(24-9-17(13-44-24)26(34)35)37-28(41)23-11-29(42-6-7-43-29)14-38(23)25(39)12-36-27(40)16-2-5-21-20(8-16)19-4-3-18(31)10-22(19)30(21,32)33/h2-5,8-10,13,15,23H,6-7,11-12,14H2,1H3,(H3,34,35)(H,36,40)(H,37,41)/t15-,23+/m1/s1. The van der Waals surface area contributed by atoms with Crippen LogP contribution in [0.2, 0.25) is 5.02 Å². The first kappa shape index (κ1) is 30.1. The van der Waals surface area contributed by atoms with Crippen LogP contribution in [0.1, 0.15) is 51.3 Å². The van der Waals surface area contributed by atoms with Crippen LogP contribution in [0.25, 0.3) is 11.1 Å².